The standard InChI is InChI=1S/C16H14FN7O2/c1-9(26-2)15-12(8-20-14-4-13(17)23-24(14)15)22-16(25)21-11-3-10(5-18)6-19-7-11/h3-4,6-9H,1-2H3,(H2,21,22,25)/t9-/m0/s1. The van der Waals surface area contributed by atoms with E-state index in [1.54, 1.807) is 6.92 Å². The second kappa shape index (κ2) is 7.12. The lowest BCUT2D eigenvalue weighted by Crippen LogP contribution is -2.22. The van der Waals surface area contributed by atoms with Crippen molar-refractivity contribution in [2.24, 2.45) is 0 Å². The zero-order valence-electron chi connectivity index (χ0n) is 13.9. The summed E-state index contributed by atoms with van der Waals surface area (Å²) in [5.74, 6) is -0.692. The van der Waals surface area contributed by atoms with Crippen molar-refractivity contribution in [2.75, 3.05) is 17.7 Å². The van der Waals surface area contributed by atoms with Crippen molar-refractivity contribution >= 4 is 23.1 Å². The molecule has 3 rings (SSSR count). The minimum absolute atomic E-state index is 0.290. The second-order valence-corrected chi connectivity index (χ2v) is 5.33. The van der Waals surface area contributed by atoms with Gasteiger partial charge in [-0.1, -0.05) is 0 Å². The Morgan fingerprint density at radius 1 is 1.35 bits per heavy atom. The molecule has 0 radical (unpaired) electrons. The third kappa shape index (κ3) is 3.42. The lowest BCUT2D eigenvalue weighted by Gasteiger charge is -2.17. The molecule has 1 atom stereocenters. The van der Waals surface area contributed by atoms with Crippen molar-refractivity contribution in [3.05, 3.63) is 47.9 Å². The van der Waals surface area contributed by atoms with Crippen LogP contribution in [0.25, 0.3) is 5.65 Å². The summed E-state index contributed by atoms with van der Waals surface area (Å²) >= 11 is 0. The molecule has 0 saturated heterocycles. The number of carbonyl (C=O) groups is 1. The Morgan fingerprint density at radius 2 is 2.15 bits per heavy atom. The minimum atomic E-state index is -0.692. The van der Waals surface area contributed by atoms with E-state index in [1.165, 1.54) is 42.3 Å². The van der Waals surface area contributed by atoms with Crippen LogP contribution in [-0.2, 0) is 4.74 Å². The van der Waals surface area contributed by atoms with Gasteiger partial charge in [0.05, 0.1) is 41.1 Å². The first-order chi connectivity index (χ1) is 12.5. The Bertz CT molecular complexity index is 1010. The number of aromatic nitrogens is 4. The first kappa shape index (κ1) is 17.2. The molecule has 0 aliphatic rings. The number of fused-ring (bicyclic) bond motifs is 1. The van der Waals surface area contributed by atoms with Gasteiger partial charge in [0.25, 0.3) is 0 Å². The first-order valence-electron chi connectivity index (χ1n) is 7.52. The SMILES string of the molecule is CO[C@@H](C)c1c(NC(=O)Nc2cncc(C#N)c2)cnc2cc(F)nn12. The number of amides is 2. The average molecular weight is 355 g/mol. The van der Waals surface area contributed by atoms with Gasteiger partial charge >= 0.3 is 6.03 Å². The molecule has 3 aromatic rings. The van der Waals surface area contributed by atoms with E-state index in [0.717, 1.165) is 0 Å². The number of anilines is 2. The zero-order valence-corrected chi connectivity index (χ0v) is 13.9. The third-order valence-electron chi connectivity index (χ3n) is 3.60. The van der Waals surface area contributed by atoms with Gasteiger partial charge in [-0.25, -0.2) is 14.3 Å². The number of carbonyl (C=O) groups excluding carboxylic acids is 1. The van der Waals surface area contributed by atoms with Gasteiger partial charge in [-0.05, 0) is 13.0 Å². The Kier molecular flexibility index (Phi) is 4.72. The van der Waals surface area contributed by atoms with Crippen LogP contribution in [-0.4, -0.2) is 32.7 Å². The molecule has 0 fully saturated rings. The minimum Gasteiger partial charge on any atom is -0.375 e. The van der Waals surface area contributed by atoms with E-state index < -0.39 is 18.1 Å². The van der Waals surface area contributed by atoms with Gasteiger partial charge in [-0.15, -0.1) is 5.10 Å². The van der Waals surface area contributed by atoms with Gasteiger partial charge in [-0.2, -0.15) is 9.65 Å². The number of hydrogen-bond acceptors (Lipinski definition) is 6. The quantitative estimate of drug-likeness (QED) is 0.742. The number of ether oxygens (including phenoxy) is 1. The van der Waals surface area contributed by atoms with Crippen molar-refractivity contribution in [3.8, 4) is 6.07 Å². The van der Waals surface area contributed by atoms with Crippen LogP contribution >= 0.6 is 0 Å². The van der Waals surface area contributed by atoms with Crippen LogP contribution in [0.2, 0.25) is 0 Å². The van der Waals surface area contributed by atoms with Gasteiger partial charge in [0, 0.05) is 19.4 Å². The molecule has 0 aliphatic carbocycles. The smallest absolute Gasteiger partial charge is 0.323 e. The molecular weight excluding hydrogens is 341 g/mol. The summed E-state index contributed by atoms with van der Waals surface area (Å²) in [6.07, 6.45) is 3.69. The van der Waals surface area contributed by atoms with Gasteiger partial charge in [0.1, 0.15) is 6.07 Å². The van der Waals surface area contributed by atoms with E-state index in [-0.39, 0.29) is 0 Å². The van der Waals surface area contributed by atoms with Crippen LogP contribution in [0.3, 0.4) is 0 Å². The number of rotatable bonds is 4. The maximum atomic E-state index is 13.5. The molecular formula is C16H14FN7O2. The molecule has 10 heteroatoms. The molecule has 132 valence electrons. The van der Waals surface area contributed by atoms with Crippen molar-refractivity contribution < 1.29 is 13.9 Å². The zero-order chi connectivity index (χ0) is 18.7. The second-order valence-electron chi connectivity index (χ2n) is 5.33. The predicted molar refractivity (Wildman–Crippen MR) is 90.0 cm³/mol. The van der Waals surface area contributed by atoms with E-state index in [0.29, 0.717) is 28.3 Å². The molecule has 2 N–H and O–H groups in total. The Balaban J connectivity index is 1.90. The number of methoxy groups -OCH3 is 1. The molecule has 0 bridgehead atoms. The van der Waals surface area contributed by atoms with Crippen molar-refractivity contribution in [2.45, 2.75) is 13.0 Å². The number of nitriles is 1. The maximum Gasteiger partial charge on any atom is 0.323 e. The van der Waals surface area contributed by atoms with Crippen molar-refractivity contribution in [1.29, 1.82) is 5.26 Å². The van der Waals surface area contributed by atoms with Crippen LogP contribution in [0.4, 0.5) is 20.6 Å². The summed E-state index contributed by atoms with van der Waals surface area (Å²) in [4.78, 5) is 20.2. The topological polar surface area (TPSA) is 117 Å². The highest BCUT2D eigenvalue weighted by atomic mass is 19.1. The number of nitrogens with one attached hydrogen (secondary N) is 2. The molecule has 0 saturated carbocycles. The molecule has 3 aromatic heterocycles. The summed E-state index contributed by atoms with van der Waals surface area (Å²) < 4.78 is 20.0. The van der Waals surface area contributed by atoms with Gasteiger partial charge in [0.15, 0.2) is 5.65 Å². The van der Waals surface area contributed by atoms with E-state index in [9.17, 15) is 9.18 Å². The molecule has 26 heavy (non-hydrogen) atoms. The summed E-state index contributed by atoms with van der Waals surface area (Å²) in [7, 11) is 1.49. The largest absolute Gasteiger partial charge is 0.375 e. The summed E-state index contributed by atoms with van der Waals surface area (Å²) in [5.41, 5.74) is 1.68. The van der Waals surface area contributed by atoms with E-state index in [2.05, 4.69) is 25.7 Å². The summed E-state index contributed by atoms with van der Waals surface area (Å²) in [6, 6.07) is 4.01. The Hall–Kier alpha value is -3.58. The van der Waals surface area contributed by atoms with Crippen LogP contribution in [0.15, 0.2) is 30.7 Å². The van der Waals surface area contributed by atoms with Crippen molar-refractivity contribution in [3.63, 3.8) is 0 Å². The Labute approximate surface area is 147 Å². The number of hydrogen-bond donors (Lipinski definition) is 2. The van der Waals surface area contributed by atoms with Gasteiger partial charge in [-0.3, -0.25) is 4.98 Å². The highest BCUT2D eigenvalue weighted by Crippen LogP contribution is 2.25. The van der Waals surface area contributed by atoms with Crippen LogP contribution < -0.4 is 10.6 Å². The van der Waals surface area contributed by atoms with Crippen LogP contribution in [0.1, 0.15) is 24.3 Å². The van der Waals surface area contributed by atoms with Crippen LogP contribution in [0.5, 0.6) is 0 Å². The molecule has 2 amide bonds. The highest BCUT2D eigenvalue weighted by molar-refractivity contribution is 6.00. The Morgan fingerprint density at radius 3 is 2.88 bits per heavy atom. The van der Waals surface area contributed by atoms with Crippen LogP contribution in [0, 0.1) is 17.3 Å². The fourth-order valence-electron chi connectivity index (χ4n) is 2.38. The lowest BCUT2D eigenvalue weighted by molar-refractivity contribution is 0.114. The molecule has 0 aromatic carbocycles. The monoisotopic (exact) mass is 355 g/mol. The van der Waals surface area contributed by atoms with E-state index in [1.807, 2.05) is 6.07 Å². The molecule has 0 unspecified atom stereocenters. The van der Waals surface area contributed by atoms with E-state index >= 15 is 0 Å². The fourth-order valence-corrected chi connectivity index (χ4v) is 2.38. The summed E-state index contributed by atoms with van der Waals surface area (Å²) in [6.45, 7) is 1.73. The van der Waals surface area contributed by atoms with Gasteiger partial charge < -0.3 is 15.4 Å². The van der Waals surface area contributed by atoms with Crippen molar-refractivity contribution in [1.82, 2.24) is 19.6 Å². The van der Waals surface area contributed by atoms with Gasteiger partial charge in [0.2, 0.25) is 5.95 Å². The maximum absolute atomic E-state index is 13.5. The molecule has 0 aliphatic heterocycles. The first-order valence-corrected chi connectivity index (χ1v) is 7.52. The predicted octanol–water partition coefficient (Wildman–Crippen LogP) is 2.49. The number of pyridine rings is 1. The number of halogens is 1. The fraction of sp³-hybridized carbons (Fsp3) is 0.188. The normalized spacial score (nSPS) is 11.8. The highest BCUT2D eigenvalue weighted by Gasteiger charge is 2.19. The van der Waals surface area contributed by atoms with E-state index in [4.69, 9.17) is 10.00 Å². The number of nitrogens with zero attached hydrogens (tertiary/aromatic N) is 5. The third-order valence-corrected chi connectivity index (χ3v) is 3.60. The molecule has 9 nitrogen and oxygen atoms in total. The number of urea groups is 1. The summed E-state index contributed by atoms with van der Waals surface area (Å²) in [5, 5.41) is 17.8. The average Bonchev–Trinajstić information content (AvgIpc) is 3.01. The molecule has 0 spiro atoms. The molecule has 3 heterocycles. The lowest BCUT2D eigenvalue weighted by atomic mass is 10.2.